The highest BCUT2D eigenvalue weighted by atomic mass is 35.5. The zero-order valence-electron chi connectivity index (χ0n) is 18.7. The van der Waals surface area contributed by atoms with Crippen LogP contribution in [0.25, 0.3) is 22.0 Å². The first-order valence-corrected chi connectivity index (χ1v) is 11.4. The molecule has 1 aliphatic rings. The van der Waals surface area contributed by atoms with Crippen molar-refractivity contribution in [2.24, 2.45) is 0 Å². The van der Waals surface area contributed by atoms with Gasteiger partial charge < -0.3 is 10.0 Å². The van der Waals surface area contributed by atoms with Gasteiger partial charge in [-0.05, 0) is 49.2 Å². The molecule has 0 atom stereocenters. The Hall–Kier alpha value is -3.97. The van der Waals surface area contributed by atoms with Gasteiger partial charge in [-0.1, -0.05) is 35.9 Å². The smallest absolute Gasteiger partial charge is 0.335 e. The molecule has 2 heterocycles. The Labute approximate surface area is 205 Å². The third-order valence-electron chi connectivity index (χ3n) is 6.36. The number of carboxylic acids is 1. The summed E-state index contributed by atoms with van der Waals surface area (Å²) in [7, 11) is 0. The molecule has 1 aliphatic heterocycles. The lowest BCUT2D eigenvalue weighted by molar-refractivity contribution is 0.0650. The molecule has 0 unspecified atom stereocenters. The van der Waals surface area contributed by atoms with Gasteiger partial charge in [-0.15, -0.1) is 0 Å². The van der Waals surface area contributed by atoms with Crippen LogP contribution >= 0.6 is 11.6 Å². The maximum Gasteiger partial charge on any atom is 0.335 e. The monoisotopic (exact) mass is 490 g/mol. The zero-order valence-corrected chi connectivity index (χ0v) is 19.5. The quantitative estimate of drug-likeness (QED) is 0.401. The van der Waals surface area contributed by atoms with Crippen LogP contribution in [0.2, 0.25) is 5.02 Å². The van der Waals surface area contributed by atoms with Crippen molar-refractivity contribution >= 4 is 40.3 Å². The summed E-state index contributed by atoms with van der Waals surface area (Å²) in [5.41, 5.74) is 2.19. The van der Waals surface area contributed by atoms with Crippen LogP contribution in [0.4, 0.5) is 4.39 Å². The third kappa shape index (κ3) is 3.88. The van der Waals surface area contributed by atoms with Crippen molar-refractivity contribution in [3.8, 4) is 11.1 Å². The highest BCUT2D eigenvalue weighted by Gasteiger charge is 2.25. The lowest BCUT2D eigenvalue weighted by atomic mass is 10.0. The summed E-state index contributed by atoms with van der Waals surface area (Å²) in [5, 5.41) is 10.0. The van der Waals surface area contributed by atoms with E-state index >= 15 is 4.39 Å². The molecule has 6 nitrogen and oxygen atoms in total. The molecule has 0 bridgehead atoms. The van der Waals surface area contributed by atoms with E-state index in [4.69, 9.17) is 11.6 Å². The molecule has 1 aromatic heterocycles. The molecule has 0 radical (unpaired) electrons. The van der Waals surface area contributed by atoms with Crippen molar-refractivity contribution in [3.05, 3.63) is 93.9 Å². The number of aromatic carboxylic acids is 1. The summed E-state index contributed by atoms with van der Waals surface area (Å²) in [6, 6.07) is 13.8. The highest BCUT2D eigenvalue weighted by Crippen LogP contribution is 2.35. The largest absolute Gasteiger partial charge is 0.478 e. The van der Waals surface area contributed by atoms with E-state index in [1.54, 1.807) is 48.2 Å². The van der Waals surface area contributed by atoms with Crippen LogP contribution in [-0.4, -0.2) is 45.4 Å². The number of likely N-dealkylation sites (tertiary alicyclic amines) is 1. The van der Waals surface area contributed by atoms with Crippen molar-refractivity contribution < 1.29 is 23.9 Å². The summed E-state index contributed by atoms with van der Waals surface area (Å²) < 4.78 is 16.4. The highest BCUT2D eigenvalue weighted by molar-refractivity contribution is 6.34. The van der Waals surface area contributed by atoms with Crippen LogP contribution in [-0.2, 0) is 0 Å². The summed E-state index contributed by atoms with van der Waals surface area (Å²) in [6.07, 6.45) is 2.46. The molecule has 35 heavy (non-hydrogen) atoms. The Kier molecular flexibility index (Phi) is 5.65. The van der Waals surface area contributed by atoms with E-state index in [1.165, 1.54) is 22.9 Å². The van der Waals surface area contributed by atoms with Crippen molar-refractivity contribution in [2.45, 2.75) is 13.3 Å². The second-order valence-electron chi connectivity index (χ2n) is 8.53. The number of benzene rings is 3. The van der Waals surface area contributed by atoms with E-state index in [-0.39, 0.29) is 22.1 Å². The molecule has 1 saturated heterocycles. The topological polar surface area (TPSA) is 79.6 Å². The van der Waals surface area contributed by atoms with Gasteiger partial charge in [-0.3, -0.25) is 14.2 Å². The van der Waals surface area contributed by atoms with Crippen molar-refractivity contribution in [1.82, 2.24) is 9.47 Å². The van der Waals surface area contributed by atoms with Crippen LogP contribution in [0.3, 0.4) is 0 Å². The predicted molar refractivity (Wildman–Crippen MR) is 131 cm³/mol. The second-order valence-corrected chi connectivity index (χ2v) is 8.93. The van der Waals surface area contributed by atoms with Crippen molar-refractivity contribution in [2.75, 3.05) is 13.1 Å². The fourth-order valence-corrected chi connectivity index (χ4v) is 4.64. The minimum absolute atomic E-state index is 0.134. The van der Waals surface area contributed by atoms with Gasteiger partial charge in [-0.25, -0.2) is 9.18 Å². The number of amides is 1. The van der Waals surface area contributed by atoms with Gasteiger partial charge in [0.15, 0.2) is 0 Å². The number of carbonyl (C=O) groups is 3. The molecule has 0 saturated carbocycles. The standard InChI is InChI=1S/C27H20ClFN2O4/c1-15-4-2-5-21(28)24(15)26(33)31-14-20(18-8-7-17(27(34)35)12-22(18)29)19-9-6-16(13-23(19)31)25(32)30-10-3-11-30/h2,4-9,12-14H,3,10-11H2,1H3,(H,34,35). The van der Waals surface area contributed by atoms with Crippen LogP contribution in [0.5, 0.6) is 0 Å². The zero-order chi connectivity index (χ0) is 24.9. The SMILES string of the molecule is Cc1cccc(Cl)c1C(=O)n1cc(-c2ccc(C(=O)O)cc2F)c2ccc(C(=O)N3CCC3)cc21. The van der Waals surface area contributed by atoms with Gasteiger partial charge >= 0.3 is 5.97 Å². The molecular formula is C27H20ClFN2O4. The Morgan fingerprint density at radius 1 is 0.943 bits per heavy atom. The number of carbonyl (C=O) groups excluding carboxylic acids is 2. The first kappa shape index (κ1) is 22.8. The summed E-state index contributed by atoms with van der Waals surface area (Å²) in [4.78, 5) is 39.5. The first-order valence-electron chi connectivity index (χ1n) is 11.0. The molecule has 3 aromatic carbocycles. The summed E-state index contributed by atoms with van der Waals surface area (Å²) in [6.45, 7) is 3.14. The summed E-state index contributed by atoms with van der Waals surface area (Å²) in [5.74, 6) is -2.52. The predicted octanol–water partition coefficient (Wildman–Crippen LogP) is 5.64. The first-order chi connectivity index (χ1) is 16.8. The number of carboxylic acid groups (broad SMARTS) is 1. The van der Waals surface area contributed by atoms with Crippen molar-refractivity contribution in [1.29, 1.82) is 0 Å². The van der Waals surface area contributed by atoms with E-state index in [0.29, 0.717) is 46.2 Å². The van der Waals surface area contributed by atoms with Crippen LogP contribution in [0.15, 0.2) is 60.8 Å². The Morgan fingerprint density at radius 3 is 2.31 bits per heavy atom. The van der Waals surface area contributed by atoms with E-state index in [1.807, 2.05) is 0 Å². The molecule has 4 aromatic rings. The Balaban J connectivity index is 1.73. The van der Waals surface area contributed by atoms with Crippen molar-refractivity contribution in [3.63, 3.8) is 0 Å². The number of nitrogens with zero attached hydrogens (tertiary/aromatic N) is 2. The third-order valence-corrected chi connectivity index (χ3v) is 6.67. The number of aryl methyl sites for hydroxylation is 1. The molecule has 176 valence electrons. The number of fused-ring (bicyclic) bond motifs is 1. The van der Waals surface area contributed by atoms with E-state index in [0.717, 1.165) is 12.5 Å². The van der Waals surface area contributed by atoms with Gasteiger partial charge in [0, 0.05) is 41.4 Å². The molecule has 0 spiro atoms. The number of halogens is 2. The minimum Gasteiger partial charge on any atom is -0.478 e. The molecule has 1 N–H and O–H groups in total. The number of aromatic nitrogens is 1. The average Bonchev–Trinajstić information content (AvgIpc) is 3.16. The van der Waals surface area contributed by atoms with E-state index in [9.17, 15) is 19.5 Å². The number of hydrogen-bond acceptors (Lipinski definition) is 3. The van der Waals surface area contributed by atoms with Gasteiger partial charge in [0.2, 0.25) is 0 Å². The normalized spacial score (nSPS) is 13.1. The van der Waals surface area contributed by atoms with E-state index < -0.39 is 17.7 Å². The lowest BCUT2D eigenvalue weighted by Crippen LogP contribution is -2.42. The van der Waals surface area contributed by atoms with Gasteiger partial charge in [0.25, 0.3) is 11.8 Å². The molecule has 5 rings (SSSR count). The molecular weight excluding hydrogens is 471 g/mol. The Morgan fingerprint density at radius 2 is 1.69 bits per heavy atom. The fourth-order valence-electron chi connectivity index (χ4n) is 4.33. The van der Waals surface area contributed by atoms with Gasteiger partial charge in [-0.2, -0.15) is 0 Å². The van der Waals surface area contributed by atoms with Crippen LogP contribution in [0, 0.1) is 12.7 Å². The molecule has 1 fully saturated rings. The average molecular weight is 491 g/mol. The number of hydrogen-bond donors (Lipinski definition) is 1. The van der Waals surface area contributed by atoms with Crippen LogP contribution in [0.1, 0.15) is 43.1 Å². The van der Waals surface area contributed by atoms with Gasteiger partial charge in [0.05, 0.1) is 21.7 Å². The van der Waals surface area contributed by atoms with E-state index in [2.05, 4.69) is 0 Å². The number of rotatable bonds is 4. The van der Waals surface area contributed by atoms with Crippen LogP contribution < -0.4 is 0 Å². The fraction of sp³-hybridized carbons (Fsp3) is 0.148. The maximum atomic E-state index is 15.0. The molecule has 1 amide bonds. The molecule has 8 heteroatoms. The lowest BCUT2D eigenvalue weighted by Gasteiger charge is -2.30. The molecule has 0 aliphatic carbocycles. The second kappa shape index (κ2) is 8.67. The maximum absolute atomic E-state index is 15.0. The minimum atomic E-state index is -1.24. The Bertz CT molecular complexity index is 1520. The summed E-state index contributed by atoms with van der Waals surface area (Å²) >= 11 is 6.36. The van der Waals surface area contributed by atoms with Gasteiger partial charge in [0.1, 0.15) is 5.82 Å².